The largest absolute Gasteiger partial charge is 0.317 e. The fourth-order valence-electron chi connectivity index (χ4n) is 4.12. The zero-order valence-corrected chi connectivity index (χ0v) is 11.4. The van der Waals surface area contributed by atoms with E-state index in [0.29, 0.717) is 0 Å². The molecule has 3 rings (SSSR count). The van der Waals surface area contributed by atoms with E-state index in [1.165, 1.54) is 71.1 Å². The monoisotopic (exact) mass is 236 g/mol. The van der Waals surface area contributed by atoms with Crippen LogP contribution in [0.2, 0.25) is 0 Å². The summed E-state index contributed by atoms with van der Waals surface area (Å²) in [6.07, 6.45) is 10.2. The van der Waals surface area contributed by atoms with Crippen LogP contribution in [0, 0.1) is 11.3 Å². The molecule has 3 fully saturated rings. The van der Waals surface area contributed by atoms with Gasteiger partial charge >= 0.3 is 0 Å². The van der Waals surface area contributed by atoms with Crippen LogP contribution in [0.15, 0.2) is 0 Å². The minimum absolute atomic E-state index is 0.775. The Morgan fingerprint density at radius 2 is 2.00 bits per heavy atom. The highest BCUT2D eigenvalue weighted by atomic mass is 15.2. The van der Waals surface area contributed by atoms with Gasteiger partial charge in [0.15, 0.2) is 0 Å². The summed E-state index contributed by atoms with van der Waals surface area (Å²) in [4.78, 5) is 2.80. The van der Waals surface area contributed by atoms with E-state index in [-0.39, 0.29) is 0 Å². The molecule has 3 aliphatic rings. The van der Waals surface area contributed by atoms with E-state index in [1.807, 2.05) is 0 Å². The van der Waals surface area contributed by atoms with Crippen LogP contribution in [0.25, 0.3) is 0 Å². The minimum atomic E-state index is 0.775. The van der Waals surface area contributed by atoms with E-state index in [0.717, 1.165) is 17.4 Å². The van der Waals surface area contributed by atoms with Crippen LogP contribution in [-0.2, 0) is 0 Å². The Morgan fingerprint density at radius 1 is 1.18 bits per heavy atom. The Labute approximate surface area is 106 Å². The minimum Gasteiger partial charge on any atom is -0.317 e. The molecule has 2 nitrogen and oxygen atoms in total. The maximum atomic E-state index is 3.51. The summed E-state index contributed by atoms with van der Waals surface area (Å²) in [5, 5.41) is 3.51. The standard InChI is InChI=1S/C15H28N2/c1-13-5-3-2-4-10-17(13)12-14-11-15(14)6-8-16-9-7-15/h13-14,16H,2-12H2,1H3. The number of piperidine rings is 1. The molecule has 0 aromatic carbocycles. The lowest BCUT2D eigenvalue weighted by Gasteiger charge is -2.30. The Kier molecular flexibility index (Phi) is 3.45. The summed E-state index contributed by atoms with van der Waals surface area (Å²) < 4.78 is 0. The molecule has 2 saturated heterocycles. The highest BCUT2D eigenvalue weighted by Crippen LogP contribution is 2.58. The summed E-state index contributed by atoms with van der Waals surface area (Å²) in [6, 6.07) is 0.844. The van der Waals surface area contributed by atoms with Gasteiger partial charge in [-0.25, -0.2) is 0 Å². The second-order valence-electron chi connectivity index (χ2n) is 6.71. The van der Waals surface area contributed by atoms with Crippen molar-refractivity contribution in [1.82, 2.24) is 10.2 Å². The normalized spacial score (nSPS) is 37.9. The van der Waals surface area contributed by atoms with E-state index < -0.39 is 0 Å². The molecule has 0 bridgehead atoms. The molecule has 2 heteroatoms. The molecular formula is C15H28N2. The summed E-state index contributed by atoms with van der Waals surface area (Å²) in [5.74, 6) is 1.03. The van der Waals surface area contributed by atoms with Crippen LogP contribution in [0.1, 0.15) is 51.9 Å². The van der Waals surface area contributed by atoms with Crippen molar-refractivity contribution >= 4 is 0 Å². The number of nitrogens with zero attached hydrogens (tertiary/aromatic N) is 1. The zero-order valence-electron chi connectivity index (χ0n) is 11.4. The average molecular weight is 236 g/mol. The van der Waals surface area contributed by atoms with Crippen molar-refractivity contribution in [3.05, 3.63) is 0 Å². The highest BCUT2D eigenvalue weighted by molar-refractivity contribution is 5.05. The third-order valence-electron chi connectivity index (χ3n) is 5.60. The van der Waals surface area contributed by atoms with E-state index in [2.05, 4.69) is 17.1 Å². The first-order valence-corrected chi connectivity index (χ1v) is 7.75. The van der Waals surface area contributed by atoms with Crippen LogP contribution >= 0.6 is 0 Å². The number of rotatable bonds is 2. The van der Waals surface area contributed by atoms with Crippen LogP contribution < -0.4 is 5.32 Å². The molecule has 0 aromatic heterocycles. The van der Waals surface area contributed by atoms with E-state index in [4.69, 9.17) is 0 Å². The van der Waals surface area contributed by atoms with Crippen LogP contribution in [-0.4, -0.2) is 37.1 Å². The van der Waals surface area contributed by atoms with Gasteiger partial charge in [0.25, 0.3) is 0 Å². The molecule has 2 aliphatic heterocycles. The van der Waals surface area contributed by atoms with E-state index >= 15 is 0 Å². The van der Waals surface area contributed by atoms with Crippen molar-refractivity contribution in [1.29, 1.82) is 0 Å². The fourth-order valence-corrected chi connectivity index (χ4v) is 4.12. The summed E-state index contributed by atoms with van der Waals surface area (Å²) in [7, 11) is 0. The second kappa shape index (κ2) is 4.89. The van der Waals surface area contributed by atoms with Gasteiger partial charge in [0, 0.05) is 12.6 Å². The van der Waals surface area contributed by atoms with Crippen LogP contribution in [0.4, 0.5) is 0 Å². The molecule has 0 radical (unpaired) electrons. The molecule has 17 heavy (non-hydrogen) atoms. The Hall–Kier alpha value is -0.0800. The lowest BCUT2D eigenvalue weighted by atomic mass is 9.91. The maximum Gasteiger partial charge on any atom is 0.00670 e. The molecule has 1 N–H and O–H groups in total. The molecule has 1 saturated carbocycles. The van der Waals surface area contributed by atoms with Gasteiger partial charge in [-0.15, -0.1) is 0 Å². The number of likely N-dealkylation sites (tertiary alicyclic amines) is 1. The maximum absolute atomic E-state index is 3.51. The Balaban J connectivity index is 1.53. The number of hydrogen-bond donors (Lipinski definition) is 1. The van der Waals surface area contributed by atoms with Crippen molar-refractivity contribution in [3.63, 3.8) is 0 Å². The van der Waals surface area contributed by atoms with Crippen molar-refractivity contribution in [3.8, 4) is 0 Å². The van der Waals surface area contributed by atoms with Crippen molar-refractivity contribution in [2.24, 2.45) is 11.3 Å². The molecule has 2 atom stereocenters. The summed E-state index contributed by atoms with van der Waals surface area (Å²) >= 11 is 0. The van der Waals surface area contributed by atoms with E-state index in [1.54, 1.807) is 0 Å². The molecule has 2 heterocycles. The van der Waals surface area contributed by atoms with Crippen LogP contribution in [0.5, 0.6) is 0 Å². The van der Waals surface area contributed by atoms with E-state index in [9.17, 15) is 0 Å². The van der Waals surface area contributed by atoms with Crippen molar-refractivity contribution in [2.45, 2.75) is 57.9 Å². The fraction of sp³-hybridized carbons (Fsp3) is 1.00. The Bertz CT molecular complexity index is 258. The van der Waals surface area contributed by atoms with Gasteiger partial charge in [-0.1, -0.05) is 12.8 Å². The molecule has 2 unspecified atom stereocenters. The van der Waals surface area contributed by atoms with Gasteiger partial charge in [-0.05, 0) is 70.0 Å². The number of hydrogen-bond acceptors (Lipinski definition) is 2. The first-order chi connectivity index (χ1) is 8.30. The molecular weight excluding hydrogens is 208 g/mol. The lowest BCUT2D eigenvalue weighted by molar-refractivity contribution is 0.185. The number of nitrogens with one attached hydrogen (secondary N) is 1. The Morgan fingerprint density at radius 3 is 2.82 bits per heavy atom. The van der Waals surface area contributed by atoms with Gasteiger partial charge in [0.2, 0.25) is 0 Å². The summed E-state index contributed by atoms with van der Waals surface area (Å²) in [5.41, 5.74) is 0.775. The highest BCUT2D eigenvalue weighted by Gasteiger charge is 2.53. The van der Waals surface area contributed by atoms with Crippen molar-refractivity contribution < 1.29 is 0 Å². The zero-order chi connectivity index (χ0) is 11.7. The molecule has 0 aromatic rings. The van der Waals surface area contributed by atoms with Crippen molar-refractivity contribution in [2.75, 3.05) is 26.2 Å². The molecule has 98 valence electrons. The molecule has 0 amide bonds. The topological polar surface area (TPSA) is 15.3 Å². The van der Waals surface area contributed by atoms with Gasteiger partial charge in [-0.2, -0.15) is 0 Å². The van der Waals surface area contributed by atoms with Gasteiger partial charge in [-0.3, -0.25) is 0 Å². The van der Waals surface area contributed by atoms with Gasteiger partial charge in [0.1, 0.15) is 0 Å². The first-order valence-electron chi connectivity index (χ1n) is 7.75. The average Bonchev–Trinajstić information content (AvgIpc) is 3.04. The van der Waals surface area contributed by atoms with Gasteiger partial charge < -0.3 is 10.2 Å². The molecule has 1 spiro atoms. The second-order valence-corrected chi connectivity index (χ2v) is 6.71. The smallest absolute Gasteiger partial charge is 0.00670 e. The van der Waals surface area contributed by atoms with Gasteiger partial charge in [0.05, 0.1) is 0 Å². The summed E-state index contributed by atoms with van der Waals surface area (Å²) in [6.45, 7) is 7.76. The lowest BCUT2D eigenvalue weighted by Crippen LogP contribution is -2.36. The third kappa shape index (κ3) is 2.53. The molecule has 1 aliphatic carbocycles. The first kappa shape index (κ1) is 12.0. The third-order valence-corrected chi connectivity index (χ3v) is 5.60. The predicted molar refractivity (Wildman–Crippen MR) is 72.1 cm³/mol. The van der Waals surface area contributed by atoms with Crippen LogP contribution in [0.3, 0.4) is 0 Å². The quantitative estimate of drug-likeness (QED) is 0.793. The SMILES string of the molecule is CC1CCCCCN1CC1CC12CCNCC2. The predicted octanol–water partition coefficient (Wildman–Crippen LogP) is 2.64.